The molecule has 0 spiro atoms. The average Bonchev–Trinajstić information content (AvgIpc) is 3.36. The van der Waals surface area contributed by atoms with Gasteiger partial charge in [0.2, 0.25) is 11.8 Å². The maximum absolute atomic E-state index is 13.7. The summed E-state index contributed by atoms with van der Waals surface area (Å²) in [5, 5.41) is 37.9. The molecule has 1 aromatic heterocycles. The number of aromatic carboxylic acids is 1. The summed E-state index contributed by atoms with van der Waals surface area (Å²) in [5.74, 6) is -3.09. The lowest BCUT2D eigenvalue weighted by Gasteiger charge is -2.35. The van der Waals surface area contributed by atoms with Gasteiger partial charge in [-0.3, -0.25) is 9.59 Å². The zero-order chi connectivity index (χ0) is 31.8. The number of hydrogen-bond acceptors (Lipinski definition) is 7. The molecule has 2 aromatic carbocycles. The fourth-order valence-electron chi connectivity index (χ4n) is 5.28. The predicted molar refractivity (Wildman–Crippen MR) is 163 cm³/mol. The molecule has 4 rings (SSSR count). The standard InChI is InChI=1S/C31H39BN4O8/c1-18(2)14-25(29(38)36-27(32(42)43)20-6-5-7-20)34-28(37)26(15-22-16-33-24-9-4-3-8-23(22)24)35-31(41)44-17-19-10-12-21(13-11-19)30(39)40/h3-4,8-13,16,18,20,25-27,33,42-43H,5-7,14-15,17H2,1-2H3,(H,34,37)(H,35,41)(H,36,38)(H,39,40)/t25-,26-,27-/m0/s1. The van der Waals surface area contributed by atoms with E-state index in [2.05, 4.69) is 20.9 Å². The summed E-state index contributed by atoms with van der Waals surface area (Å²) in [6.07, 6.45) is 3.75. The Balaban J connectivity index is 1.49. The van der Waals surface area contributed by atoms with Crippen molar-refractivity contribution in [2.75, 3.05) is 0 Å². The van der Waals surface area contributed by atoms with Gasteiger partial charge in [0.05, 0.1) is 11.5 Å². The van der Waals surface area contributed by atoms with Crippen molar-refractivity contribution in [3.05, 3.63) is 71.4 Å². The van der Waals surface area contributed by atoms with Gasteiger partial charge in [-0.2, -0.15) is 0 Å². The molecule has 3 atom stereocenters. The number of carbonyl (C=O) groups is 4. The van der Waals surface area contributed by atoms with E-state index in [-0.39, 0.29) is 36.8 Å². The molecule has 3 amide bonds. The maximum Gasteiger partial charge on any atom is 0.475 e. The zero-order valence-electron chi connectivity index (χ0n) is 24.8. The number of alkyl carbamates (subject to hydrolysis) is 1. The summed E-state index contributed by atoms with van der Waals surface area (Å²) < 4.78 is 5.34. The smallest absolute Gasteiger partial charge is 0.475 e. The van der Waals surface area contributed by atoms with Gasteiger partial charge < -0.3 is 40.8 Å². The summed E-state index contributed by atoms with van der Waals surface area (Å²) in [6.45, 7) is 3.65. The fourth-order valence-corrected chi connectivity index (χ4v) is 5.28. The third-order valence-electron chi connectivity index (χ3n) is 7.91. The number of hydrogen-bond donors (Lipinski definition) is 7. The van der Waals surface area contributed by atoms with Crippen LogP contribution in [0.3, 0.4) is 0 Å². The van der Waals surface area contributed by atoms with Crippen LogP contribution >= 0.6 is 0 Å². The summed E-state index contributed by atoms with van der Waals surface area (Å²) in [6, 6.07) is 11.3. The number of nitrogens with one attached hydrogen (secondary N) is 4. The molecule has 0 radical (unpaired) electrons. The number of H-pyrrole nitrogens is 1. The molecule has 1 heterocycles. The van der Waals surface area contributed by atoms with Gasteiger partial charge in [0.25, 0.3) is 0 Å². The van der Waals surface area contributed by atoms with E-state index in [1.807, 2.05) is 38.1 Å². The highest BCUT2D eigenvalue weighted by atomic mass is 16.5. The number of carbonyl (C=O) groups excluding carboxylic acids is 3. The van der Waals surface area contributed by atoms with Gasteiger partial charge in [0, 0.05) is 23.5 Å². The van der Waals surface area contributed by atoms with E-state index in [0.29, 0.717) is 5.56 Å². The number of para-hydroxylation sites is 1. The molecule has 13 heteroatoms. The minimum absolute atomic E-state index is 0.0183. The molecule has 0 saturated heterocycles. The van der Waals surface area contributed by atoms with E-state index in [0.717, 1.165) is 35.7 Å². The third kappa shape index (κ3) is 8.61. The Kier molecular flexibility index (Phi) is 11.0. The largest absolute Gasteiger partial charge is 0.478 e. The number of amides is 3. The van der Waals surface area contributed by atoms with Crippen LogP contribution in [0.2, 0.25) is 0 Å². The summed E-state index contributed by atoms with van der Waals surface area (Å²) >= 11 is 0. The first-order valence-corrected chi connectivity index (χ1v) is 14.8. The van der Waals surface area contributed by atoms with Gasteiger partial charge in [-0.1, -0.05) is 50.6 Å². The lowest BCUT2D eigenvalue weighted by molar-refractivity contribution is -0.130. The van der Waals surface area contributed by atoms with Crippen LogP contribution in [0.25, 0.3) is 10.9 Å². The molecule has 0 bridgehead atoms. The Morgan fingerprint density at radius 1 is 0.955 bits per heavy atom. The molecular weight excluding hydrogens is 567 g/mol. The van der Waals surface area contributed by atoms with Crippen LogP contribution < -0.4 is 16.0 Å². The molecule has 0 aliphatic heterocycles. The van der Waals surface area contributed by atoms with Crippen LogP contribution in [0.5, 0.6) is 0 Å². The monoisotopic (exact) mass is 606 g/mol. The summed E-state index contributed by atoms with van der Waals surface area (Å²) in [7, 11) is -1.73. The van der Waals surface area contributed by atoms with Crippen molar-refractivity contribution >= 4 is 41.9 Å². The Morgan fingerprint density at radius 2 is 1.64 bits per heavy atom. The van der Waals surface area contributed by atoms with Crippen molar-refractivity contribution in [1.29, 1.82) is 0 Å². The van der Waals surface area contributed by atoms with E-state index >= 15 is 0 Å². The molecule has 7 N–H and O–H groups in total. The van der Waals surface area contributed by atoms with E-state index < -0.39 is 49.0 Å². The van der Waals surface area contributed by atoms with Crippen LogP contribution in [0.15, 0.2) is 54.7 Å². The number of fused-ring (bicyclic) bond motifs is 1. The zero-order valence-corrected chi connectivity index (χ0v) is 24.8. The first-order chi connectivity index (χ1) is 21.0. The quantitative estimate of drug-likeness (QED) is 0.136. The predicted octanol–water partition coefficient (Wildman–Crippen LogP) is 2.53. The van der Waals surface area contributed by atoms with Crippen LogP contribution in [0.1, 0.15) is 61.0 Å². The van der Waals surface area contributed by atoms with E-state index in [9.17, 15) is 29.2 Å². The molecule has 0 unspecified atom stereocenters. The Labute approximate surface area is 255 Å². The second-order valence-corrected chi connectivity index (χ2v) is 11.7. The lowest BCUT2D eigenvalue weighted by atomic mass is 9.64. The molecule has 3 aromatic rings. The second kappa shape index (κ2) is 14.9. The molecule has 12 nitrogen and oxygen atoms in total. The van der Waals surface area contributed by atoms with Crippen LogP contribution in [0.4, 0.5) is 4.79 Å². The second-order valence-electron chi connectivity index (χ2n) is 11.7. The van der Waals surface area contributed by atoms with Gasteiger partial charge in [-0.25, -0.2) is 9.59 Å². The molecule has 1 aliphatic carbocycles. The minimum atomic E-state index is -1.73. The number of rotatable bonds is 14. The maximum atomic E-state index is 13.7. The Bertz CT molecular complexity index is 1450. The molecule has 1 aliphatic rings. The summed E-state index contributed by atoms with van der Waals surface area (Å²) in [4.78, 5) is 54.2. The SMILES string of the molecule is CC(C)C[C@H](NC(=O)[C@H](Cc1c[nH]c2ccccc12)NC(=O)OCc1ccc(C(=O)O)cc1)C(=O)N[C@H](B(O)O)C1CCC1. The summed E-state index contributed by atoms with van der Waals surface area (Å²) in [5.41, 5.74) is 2.28. The van der Waals surface area contributed by atoms with Gasteiger partial charge in [0.15, 0.2) is 0 Å². The van der Waals surface area contributed by atoms with Gasteiger partial charge >= 0.3 is 19.2 Å². The molecule has 1 saturated carbocycles. The van der Waals surface area contributed by atoms with E-state index in [1.54, 1.807) is 6.20 Å². The first kappa shape index (κ1) is 32.6. The number of ether oxygens (including phenoxy) is 1. The fraction of sp³-hybridized carbons (Fsp3) is 0.419. The third-order valence-corrected chi connectivity index (χ3v) is 7.91. The molecule has 1 fully saturated rings. The van der Waals surface area contributed by atoms with E-state index in [4.69, 9.17) is 9.84 Å². The molecular formula is C31H39BN4O8. The van der Waals surface area contributed by atoms with Gasteiger partial charge in [-0.05, 0) is 60.4 Å². The highest BCUT2D eigenvalue weighted by molar-refractivity contribution is 6.43. The lowest BCUT2D eigenvalue weighted by Crippen LogP contribution is -2.59. The number of aromatic nitrogens is 1. The Hall–Kier alpha value is -4.36. The van der Waals surface area contributed by atoms with Crippen LogP contribution in [0, 0.1) is 11.8 Å². The Morgan fingerprint density at radius 3 is 2.25 bits per heavy atom. The first-order valence-electron chi connectivity index (χ1n) is 14.8. The van der Waals surface area contributed by atoms with E-state index in [1.165, 1.54) is 24.3 Å². The number of aromatic amines is 1. The van der Waals surface area contributed by atoms with Crippen molar-refractivity contribution in [2.45, 2.75) is 70.6 Å². The van der Waals surface area contributed by atoms with Crippen molar-refractivity contribution in [3.8, 4) is 0 Å². The van der Waals surface area contributed by atoms with Gasteiger partial charge in [-0.15, -0.1) is 0 Å². The van der Waals surface area contributed by atoms with Crippen molar-refractivity contribution < 1.29 is 39.1 Å². The molecule has 234 valence electrons. The highest BCUT2D eigenvalue weighted by Crippen LogP contribution is 2.30. The number of carboxylic acid groups (broad SMARTS) is 1. The number of benzene rings is 2. The number of carboxylic acids is 1. The van der Waals surface area contributed by atoms with Crippen molar-refractivity contribution in [1.82, 2.24) is 20.9 Å². The van der Waals surface area contributed by atoms with Crippen LogP contribution in [-0.4, -0.2) is 69.2 Å². The topological polar surface area (TPSA) is 190 Å². The average molecular weight is 606 g/mol. The normalized spacial score (nSPS) is 15.1. The van der Waals surface area contributed by atoms with Crippen molar-refractivity contribution in [3.63, 3.8) is 0 Å². The highest BCUT2D eigenvalue weighted by Gasteiger charge is 2.38. The van der Waals surface area contributed by atoms with Gasteiger partial charge in [0.1, 0.15) is 18.7 Å². The van der Waals surface area contributed by atoms with Crippen LogP contribution in [-0.2, 0) is 27.4 Å². The molecule has 44 heavy (non-hydrogen) atoms. The van der Waals surface area contributed by atoms with Crippen molar-refractivity contribution in [2.24, 2.45) is 11.8 Å². The minimum Gasteiger partial charge on any atom is -0.478 e.